The Hall–Kier alpha value is -4.79. The number of carbonyl (C=O) groups is 3. The zero-order valence-electron chi connectivity index (χ0n) is 24.8. The smallest absolute Gasteiger partial charge is 0.413 e. The highest BCUT2D eigenvalue weighted by molar-refractivity contribution is 5.80. The van der Waals surface area contributed by atoms with Crippen molar-refractivity contribution in [3.63, 3.8) is 0 Å². The summed E-state index contributed by atoms with van der Waals surface area (Å²) in [7, 11) is 0. The molecule has 0 bridgehead atoms. The monoisotopic (exact) mass is 585 g/mol. The lowest BCUT2D eigenvalue weighted by molar-refractivity contribution is -0.145. The van der Waals surface area contributed by atoms with Crippen molar-refractivity contribution in [2.75, 3.05) is 11.9 Å². The number of aliphatic carboxylic acids is 1. The van der Waals surface area contributed by atoms with Crippen LogP contribution >= 0.6 is 0 Å². The molecule has 0 saturated heterocycles. The van der Waals surface area contributed by atoms with Crippen molar-refractivity contribution >= 4 is 35.6 Å². The van der Waals surface area contributed by atoms with E-state index in [2.05, 4.69) is 16.0 Å². The minimum absolute atomic E-state index is 0.209. The molecule has 0 fully saturated rings. The number of anilines is 1. The number of benzene rings is 3. The Bertz CT molecular complexity index is 1550. The van der Waals surface area contributed by atoms with E-state index < -0.39 is 23.7 Å². The molecule has 0 spiro atoms. The number of alkyl carbamates (subject to hydrolysis) is 1. The Morgan fingerprint density at radius 3 is 2.40 bits per heavy atom. The molecule has 43 heavy (non-hydrogen) atoms. The topological polar surface area (TPSA) is 126 Å². The summed E-state index contributed by atoms with van der Waals surface area (Å²) in [5, 5.41) is 20.7. The van der Waals surface area contributed by atoms with E-state index in [-0.39, 0.29) is 12.6 Å². The predicted molar refractivity (Wildman–Crippen MR) is 165 cm³/mol. The van der Waals surface area contributed by atoms with Gasteiger partial charge in [-0.15, -0.1) is 0 Å². The van der Waals surface area contributed by atoms with Gasteiger partial charge in [-0.2, -0.15) is 0 Å². The van der Waals surface area contributed by atoms with E-state index in [1.54, 1.807) is 26.8 Å². The number of rotatable bonds is 12. The summed E-state index contributed by atoms with van der Waals surface area (Å²) in [6.45, 7) is 6.18. The highest BCUT2D eigenvalue weighted by Crippen LogP contribution is 2.21. The maximum atomic E-state index is 12.3. The summed E-state index contributed by atoms with van der Waals surface area (Å²) in [6, 6.07) is 21.6. The third kappa shape index (κ3) is 9.63. The lowest BCUT2D eigenvalue weighted by Gasteiger charge is -2.22. The zero-order valence-corrected chi connectivity index (χ0v) is 24.8. The van der Waals surface area contributed by atoms with Gasteiger partial charge in [0.05, 0.1) is 0 Å². The molecule has 1 aliphatic heterocycles. The Balaban J connectivity index is 1.32. The summed E-state index contributed by atoms with van der Waals surface area (Å²) in [5.74, 6) is -0.671. The second-order valence-corrected chi connectivity index (χ2v) is 11.4. The second-order valence-electron chi connectivity index (χ2n) is 11.4. The molecule has 4 rings (SSSR count). The van der Waals surface area contributed by atoms with Crippen LogP contribution < -0.4 is 26.4 Å². The fraction of sp³-hybridized carbons (Fsp3) is 0.324. The average molecular weight is 586 g/mol. The Morgan fingerprint density at radius 2 is 1.70 bits per heavy atom. The number of carboxylic acids is 1. The van der Waals surface area contributed by atoms with Crippen molar-refractivity contribution in [3.05, 3.63) is 99.9 Å². The van der Waals surface area contributed by atoms with Crippen molar-refractivity contribution in [1.82, 2.24) is 10.6 Å². The lowest BCUT2D eigenvalue weighted by Crippen LogP contribution is -2.45. The number of hydrogen-bond donors (Lipinski definition) is 4. The molecule has 1 amide bonds. The highest BCUT2D eigenvalue weighted by Gasteiger charge is 2.21. The zero-order chi connectivity index (χ0) is 30.8. The van der Waals surface area contributed by atoms with Crippen LogP contribution in [0.3, 0.4) is 0 Å². The minimum atomic E-state index is -0.996. The third-order valence-corrected chi connectivity index (χ3v) is 6.76. The quantitative estimate of drug-likeness (QED) is 0.183. The van der Waals surface area contributed by atoms with Gasteiger partial charge in [0, 0.05) is 23.9 Å². The first-order valence-corrected chi connectivity index (χ1v) is 14.4. The van der Waals surface area contributed by atoms with Crippen LogP contribution in [0.25, 0.3) is 11.9 Å². The van der Waals surface area contributed by atoms with Crippen LogP contribution in [0.15, 0.2) is 72.8 Å². The molecule has 0 radical (unpaired) electrons. The van der Waals surface area contributed by atoms with Crippen LogP contribution in [0.4, 0.5) is 10.5 Å². The third-order valence-electron chi connectivity index (χ3n) is 6.76. The molecule has 1 heterocycles. The molecule has 226 valence electrons. The van der Waals surface area contributed by atoms with Gasteiger partial charge in [-0.1, -0.05) is 60.7 Å². The first-order valence-electron chi connectivity index (χ1n) is 14.4. The van der Waals surface area contributed by atoms with Gasteiger partial charge in [0.25, 0.3) is 0 Å². The maximum absolute atomic E-state index is 12.3. The predicted octanol–water partition coefficient (Wildman–Crippen LogP) is 4.35. The first-order chi connectivity index (χ1) is 20.6. The summed E-state index contributed by atoms with van der Waals surface area (Å²) in [6.07, 6.45) is 4.09. The van der Waals surface area contributed by atoms with Crippen molar-refractivity contribution in [2.24, 2.45) is 0 Å². The van der Waals surface area contributed by atoms with Crippen molar-refractivity contribution in [1.29, 1.82) is 0 Å². The molecule has 1 unspecified atom stereocenters. The number of nitrogens with one attached hydrogen (secondary N) is 3. The van der Waals surface area contributed by atoms with Gasteiger partial charge in [-0.25, -0.2) is 9.59 Å². The van der Waals surface area contributed by atoms with E-state index in [9.17, 15) is 19.5 Å². The van der Waals surface area contributed by atoms with Crippen molar-refractivity contribution < 1.29 is 29.0 Å². The van der Waals surface area contributed by atoms with Crippen LogP contribution in [0.2, 0.25) is 0 Å². The first kappa shape index (κ1) is 31.2. The van der Waals surface area contributed by atoms with Gasteiger partial charge in [0.15, 0.2) is 6.04 Å². The summed E-state index contributed by atoms with van der Waals surface area (Å²) in [4.78, 5) is 36.5. The number of carboxylic acid groups (broad SMARTS) is 1. The summed E-state index contributed by atoms with van der Waals surface area (Å²) >= 11 is 0. The molecule has 1 atom stereocenters. The highest BCUT2D eigenvalue weighted by atomic mass is 16.6. The Kier molecular flexibility index (Phi) is 10.4. The molecule has 1 aliphatic rings. The second kappa shape index (κ2) is 14.4. The van der Waals surface area contributed by atoms with Crippen LogP contribution in [0.5, 0.6) is 0 Å². The maximum Gasteiger partial charge on any atom is 0.413 e. The van der Waals surface area contributed by atoms with Gasteiger partial charge in [0.2, 0.25) is 0 Å². The van der Waals surface area contributed by atoms with E-state index in [0.717, 1.165) is 34.4 Å². The van der Waals surface area contributed by atoms with E-state index in [4.69, 9.17) is 9.47 Å². The van der Waals surface area contributed by atoms with Gasteiger partial charge < -0.3 is 25.2 Å². The van der Waals surface area contributed by atoms with Gasteiger partial charge in [0.1, 0.15) is 18.0 Å². The average Bonchev–Trinajstić information content (AvgIpc) is 2.97. The van der Waals surface area contributed by atoms with E-state index in [0.29, 0.717) is 36.5 Å². The fourth-order valence-corrected chi connectivity index (χ4v) is 4.66. The molecule has 4 N–H and O–H groups in total. The molecule has 0 aromatic heterocycles. The number of ether oxygens (including phenoxy) is 2. The standard InChI is InChI=1S/C34H39N3O6/c1-34(2,3)43-33(41)37-31-28-18-17-27(21-26(28)19-20-35-31)36-30(32(39)40)25-15-13-23(14-16-25)9-7-8-12-29(38)42-22-24-10-5-4-6-11-24/h4-6,10-11,13-19,21,30,35-36H,7-9,12,20,22H2,1-3H3,(H,37,41)(H,39,40). The molecular weight excluding hydrogens is 546 g/mol. The number of carbonyl (C=O) groups excluding carboxylic acids is 2. The number of esters is 1. The van der Waals surface area contributed by atoms with Gasteiger partial charge in [-0.05, 0) is 80.1 Å². The SMILES string of the molecule is CC(C)(C)OC(=O)NC1=c2ccc(NC(C(=O)O)c3ccc(CCCCC(=O)OCc4ccccc4)cc3)cc2=CCN1. The molecule has 0 aliphatic carbocycles. The molecule has 3 aromatic carbocycles. The number of unbranched alkanes of at least 4 members (excludes halogenated alkanes) is 1. The Labute approximate surface area is 251 Å². The van der Waals surface area contributed by atoms with Gasteiger partial charge in [-0.3, -0.25) is 10.1 Å². The number of hydrogen-bond acceptors (Lipinski definition) is 7. The van der Waals surface area contributed by atoms with Crippen LogP contribution in [-0.2, 0) is 32.1 Å². The van der Waals surface area contributed by atoms with Crippen LogP contribution in [0, 0.1) is 0 Å². The van der Waals surface area contributed by atoms with Crippen LogP contribution in [0.1, 0.15) is 62.8 Å². The van der Waals surface area contributed by atoms with Crippen LogP contribution in [-0.4, -0.2) is 35.3 Å². The molecule has 3 aromatic rings. The normalized spacial score (nSPS) is 13.0. The number of fused-ring (bicyclic) bond motifs is 1. The molecule has 0 saturated carbocycles. The van der Waals surface area contributed by atoms with Gasteiger partial charge >= 0.3 is 18.0 Å². The summed E-state index contributed by atoms with van der Waals surface area (Å²) < 4.78 is 10.7. The summed E-state index contributed by atoms with van der Waals surface area (Å²) in [5.41, 5.74) is 2.69. The van der Waals surface area contributed by atoms with E-state index in [1.807, 2.05) is 72.8 Å². The Morgan fingerprint density at radius 1 is 0.953 bits per heavy atom. The largest absolute Gasteiger partial charge is 0.479 e. The molecule has 9 heteroatoms. The number of amides is 1. The van der Waals surface area contributed by atoms with E-state index in [1.165, 1.54) is 0 Å². The van der Waals surface area contributed by atoms with E-state index >= 15 is 0 Å². The fourth-order valence-electron chi connectivity index (χ4n) is 4.66. The minimum Gasteiger partial charge on any atom is -0.479 e. The lowest BCUT2D eigenvalue weighted by atomic mass is 10.0. The molecule has 9 nitrogen and oxygen atoms in total. The number of aryl methyl sites for hydroxylation is 1. The van der Waals surface area contributed by atoms with Crippen molar-refractivity contribution in [2.45, 2.75) is 64.7 Å². The van der Waals surface area contributed by atoms with Crippen molar-refractivity contribution in [3.8, 4) is 0 Å². The molecular formula is C34H39N3O6.